The van der Waals surface area contributed by atoms with Crippen LogP contribution in [-0.2, 0) is 6.54 Å². The van der Waals surface area contributed by atoms with E-state index in [2.05, 4.69) is 5.32 Å². The Kier molecular flexibility index (Phi) is 3.96. The third-order valence-electron chi connectivity index (χ3n) is 3.80. The molecule has 2 aromatic rings. The summed E-state index contributed by atoms with van der Waals surface area (Å²) in [5.41, 5.74) is 2.10. The zero-order valence-corrected chi connectivity index (χ0v) is 12.5. The first kappa shape index (κ1) is 14.5. The largest absolute Gasteiger partial charge is 0.310 e. The van der Waals surface area contributed by atoms with Gasteiger partial charge in [-0.2, -0.15) is 0 Å². The number of benzene rings is 2. The van der Waals surface area contributed by atoms with Crippen molar-refractivity contribution in [3.63, 3.8) is 0 Å². The van der Waals surface area contributed by atoms with Crippen molar-refractivity contribution < 1.29 is 8.78 Å². The van der Waals surface area contributed by atoms with Crippen LogP contribution in [0.15, 0.2) is 30.3 Å². The smallest absolute Gasteiger partial charge is 0.166 e. The van der Waals surface area contributed by atoms with Gasteiger partial charge in [0.1, 0.15) is 0 Å². The van der Waals surface area contributed by atoms with Crippen LogP contribution in [0.1, 0.15) is 24.0 Å². The molecule has 0 amide bonds. The molecule has 2 aromatic carbocycles. The molecule has 0 atom stereocenters. The van der Waals surface area contributed by atoms with Crippen LogP contribution in [0.25, 0.3) is 11.1 Å². The van der Waals surface area contributed by atoms with Crippen molar-refractivity contribution in [1.82, 2.24) is 5.32 Å². The highest BCUT2D eigenvalue weighted by Gasteiger charge is 2.20. The van der Waals surface area contributed by atoms with Gasteiger partial charge < -0.3 is 5.32 Å². The third-order valence-corrected chi connectivity index (χ3v) is 4.15. The van der Waals surface area contributed by atoms with Crippen molar-refractivity contribution in [2.24, 2.45) is 0 Å². The molecule has 1 saturated carbocycles. The third kappa shape index (κ3) is 3.09. The van der Waals surface area contributed by atoms with Crippen LogP contribution < -0.4 is 5.32 Å². The first-order valence-corrected chi connectivity index (χ1v) is 7.41. The molecule has 0 radical (unpaired) electrons. The Balaban J connectivity index is 1.89. The quantitative estimate of drug-likeness (QED) is 0.852. The molecule has 1 aliphatic rings. The molecular formula is C17H16ClF2N. The van der Waals surface area contributed by atoms with Crippen LogP contribution in [0.4, 0.5) is 8.78 Å². The van der Waals surface area contributed by atoms with Crippen molar-refractivity contribution in [3.8, 4) is 11.1 Å². The van der Waals surface area contributed by atoms with E-state index in [1.807, 2.05) is 6.07 Å². The van der Waals surface area contributed by atoms with Crippen molar-refractivity contribution in [1.29, 1.82) is 0 Å². The molecule has 0 saturated heterocycles. The van der Waals surface area contributed by atoms with E-state index < -0.39 is 11.6 Å². The van der Waals surface area contributed by atoms with Gasteiger partial charge >= 0.3 is 0 Å². The molecule has 21 heavy (non-hydrogen) atoms. The summed E-state index contributed by atoms with van der Waals surface area (Å²) in [5, 5.41) is 3.95. The fraction of sp³-hybridized carbons (Fsp3) is 0.294. The summed E-state index contributed by atoms with van der Waals surface area (Å²) >= 11 is 6.25. The van der Waals surface area contributed by atoms with Crippen molar-refractivity contribution in [2.45, 2.75) is 32.4 Å². The van der Waals surface area contributed by atoms with Crippen LogP contribution in [0.2, 0.25) is 5.02 Å². The van der Waals surface area contributed by atoms with Gasteiger partial charge in [-0.1, -0.05) is 35.9 Å². The number of aryl methyl sites for hydroxylation is 1. The van der Waals surface area contributed by atoms with E-state index in [1.165, 1.54) is 12.8 Å². The topological polar surface area (TPSA) is 12.0 Å². The van der Waals surface area contributed by atoms with E-state index in [1.54, 1.807) is 31.2 Å². The second-order valence-corrected chi connectivity index (χ2v) is 5.93. The summed E-state index contributed by atoms with van der Waals surface area (Å²) in [4.78, 5) is 0. The Bertz CT molecular complexity index is 681. The van der Waals surface area contributed by atoms with Crippen molar-refractivity contribution in [3.05, 3.63) is 58.1 Å². The Hall–Kier alpha value is -1.45. The van der Waals surface area contributed by atoms with E-state index in [9.17, 15) is 8.78 Å². The number of nitrogens with one attached hydrogen (secondary N) is 1. The van der Waals surface area contributed by atoms with E-state index in [0.717, 1.165) is 5.56 Å². The molecular weight excluding hydrogens is 292 g/mol. The molecule has 0 bridgehead atoms. The minimum Gasteiger partial charge on any atom is -0.310 e. The molecule has 0 unspecified atom stereocenters. The molecule has 0 aromatic heterocycles. The van der Waals surface area contributed by atoms with Gasteiger partial charge in [0.05, 0.1) is 0 Å². The number of halogens is 3. The molecule has 0 heterocycles. The highest BCUT2D eigenvalue weighted by molar-refractivity contribution is 6.31. The lowest BCUT2D eigenvalue weighted by atomic mass is 10.0. The minimum atomic E-state index is -0.824. The van der Waals surface area contributed by atoms with Gasteiger partial charge in [0.25, 0.3) is 0 Å². The van der Waals surface area contributed by atoms with E-state index in [-0.39, 0.29) is 5.56 Å². The molecule has 110 valence electrons. The molecule has 1 fully saturated rings. The Morgan fingerprint density at radius 1 is 1.14 bits per heavy atom. The zero-order chi connectivity index (χ0) is 15.0. The molecule has 1 nitrogen and oxygen atoms in total. The molecule has 1 N–H and O–H groups in total. The minimum absolute atomic E-state index is 0.238. The Morgan fingerprint density at radius 2 is 1.90 bits per heavy atom. The lowest BCUT2D eigenvalue weighted by Crippen LogP contribution is -2.15. The van der Waals surface area contributed by atoms with Gasteiger partial charge in [-0.05, 0) is 42.5 Å². The van der Waals surface area contributed by atoms with Crippen LogP contribution in [0.5, 0.6) is 0 Å². The standard InChI is InChI=1S/C17H16ClF2N/c1-10-2-7-14(17(20)16(10)19)11-3-4-12(15(18)8-11)9-21-13-5-6-13/h2-4,7-8,13,21H,5-6,9H2,1H3. The van der Waals surface area contributed by atoms with Crippen LogP contribution in [0.3, 0.4) is 0 Å². The first-order chi connectivity index (χ1) is 10.1. The van der Waals surface area contributed by atoms with E-state index in [4.69, 9.17) is 11.6 Å². The molecule has 4 heteroatoms. The maximum absolute atomic E-state index is 14.0. The van der Waals surface area contributed by atoms with E-state index >= 15 is 0 Å². The Morgan fingerprint density at radius 3 is 2.57 bits per heavy atom. The maximum atomic E-state index is 14.0. The monoisotopic (exact) mass is 307 g/mol. The second kappa shape index (κ2) is 5.74. The summed E-state index contributed by atoms with van der Waals surface area (Å²) < 4.78 is 27.7. The van der Waals surface area contributed by atoms with E-state index in [0.29, 0.717) is 28.7 Å². The fourth-order valence-electron chi connectivity index (χ4n) is 2.27. The van der Waals surface area contributed by atoms with Crippen molar-refractivity contribution >= 4 is 11.6 Å². The summed E-state index contributed by atoms with van der Waals surface area (Å²) in [6.07, 6.45) is 2.42. The SMILES string of the molecule is Cc1ccc(-c2ccc(CNC3CC3)c(Cl)c2)c(F)c1F. The lowest BCUT2D eigenvalue weighted by Gasteiger charge is -2.10. The lowest BCUT2D eigenvalue weighted by molar-refractivity contribution is 0.505. The van der Waals surface area contributed by atoms with Gasteiger partial charge in [-0.3, -0.25) is 0 Å². The number of hydrogen-bond acceptors (Lipinski definition) is 1. The predicted octanol–water partition coefficient (Wildman–Crippen LogP) is 4.85. The van der Waals surface area contributed by atoms with Gasteiger partial charge in [-0.15, -0.1) is 0 Å². The zero-order valence-electron chi connectivity index (χ0n) is 11.7. The van der Waals surface area contributed by atoms with Gasteiger partial charge in [0.2, 0.25) is 0 Å². The summed E-state index contributed by atoms with van der Waals surface area (Å²) in [5.74, 6) is -1.63. The predicted molar refractivity (Wildman–Crippen MR) is 81.4 cm³/mol. The van der Waals surface area contributed by atoms with Crippen LogP contribution >= 0.6 is 11.6 Å². The molecule has 1 aliphatic carbocycles. The summed E-state index contributed by atoms with van der Waals surface area (Å²) in [6.45, 7) is 2.25. The normalized spacial score (nSPS) is 14.5. The molecule has 3 rings (SSSR count). The molecule has 0 aliphatic heterocycles. The fourth-order valence-corrected chi connectivity index (χ4v) is 2.52. The van der Waals surface area contributed by atoms with Gasteiger partial charge in [0, 0.05) is 23.2 Å². The second-order valence-electron chi connectivity index (χ2n) is 5.52. The number of hydrogen-bond donors (Lipinski definition) is 1. The highest BCUT2D eigenvalue weighted by atomic mass is 35.5. The average molecular weight is 308 g/mol. The van der Waals surface area contributed by atoms with Crippen LogP contribution in [0, 0.1) is 18.6 Å². The maximum Gasteiger partial charge on any atom is 0.166 e. The van der Waals surface area contributed by atoms with Gasteiger partial charge in [-0.25, -0.2) is 8.78 Å². The van der Waals surface area contributed by atoms with Gasteiger partial charge in [0.15, 0.2) is 11.6 Å². The van der Waals surface area contributed by atoms with Crippen LogP contribution in [-0.4, -0.2) is 6.04 Å². The average Bonchev–Trinajstić information content (AvgIpc) is 3.28. The summed E-state index contributed by atoms with van der Waals surface area (Å²) in [7, 11) is 0. The first-order valence-electron chi connectivity index (χ1n) is 7.03. The molecule has 0 spiro atoms. The Labute approximate surface area is 127 Å². The summed E-state index contributed by atoms with van der Waals surface area (Å²) in [6, 6.07) is 9.10. The highest BCUT2D eigenvalue weighted by Crippen LogP contribution is 2.30. The number of rotatable bonds is 4. The van der Waals surface area contributed by atoms with Crippen molar-refractivity contribution in [2.75, 3.05) is 0 Å².